The van der Waals surface area contributed by atoms with Crippen LogP contribution in [-0.2, 0) is 10.8 Å². The van der Waals surface area contributed by atoms with E-state index >= 15 is 0 Å². The van der Waals surface area contributed by atoms with Gasteiger partial charge in [0, 0.05) is 31.9 Å². The Bertz CT molecular complexity index is 2200. The third-order valence-corrected chi connectivity index (χ3v) is 11.0. The van der Waals surface area contributed by atoms with Crippen molar-refractivity contribution in [2.24, 2.45) is 0 Å². The first-order valence-electron chi connectivity index (χ1n) is 16.0. The van der Waals surface area contributed by atoms with Crippen molar-refractivity contribution in [2.75, 3.05) is 0 Å². The molecule has 0 fully saturated rings. The van der Waals surface area contributed by atoms with Gasteiger partial charge in [0.1, 0.15) is 0 Å². The molecule has 0 atom stereocenters. The highest BCUT2D eigenvalue weighted by molar-refractivity contribution is 7.99. The zero-order chi connectivity index (χ0) is 31.6. The van der Waals surface area contributed by atoms with Crippen LogP contribution in [0.4, 0.5) is 0 Å². The topological polar surface area (TPSA) is 38.7 Å². The van der Waals surface area contributed by atoms with Crippen LogP contribution in [0.1, 0.15) is 47.2 Å². The Balaban J connectivity index is 1.31. The molecule has 1 aromatic heterocycles. The van der Waals surface area contributed by atoms with Gasteiger partial charge >= 0.3 is 0 Å². The summed E-state index contributed by atoms with van der Waals surface area (Å²) < 4.78 is 0. The smallest absolute Gasteiger partial charge is 0.164 e. The quantitative estimate of drug-likeness (QED) is 0.197. The van der Waals surface area contributed by atoms with Crippen molar-refractivity contribution in [1.82, 2.24) is 15.0 Å². The number of hydrogen-bond acceptors (Lipinski definition) is 4. The second-order valence-electron chi connectivity index (χ2n) is 12.8. The van der Waals surface area contributed by atoms with Gasteiger partial charge in [-0.05, 0) is 45.5 Å². The number of rotatable bonds is 3. The normalized spacial score (nSPS) is 14.9. The number of hydrogen-bond donors (Lipinski definition) is 0. The number of aromatic nitrogens is 3. The molecule has 2 aliphatic rings. The predicted octanol–water partition coefficient (Wildman–Crippen LogP) is 10.4. The van der Waals surface area contributed by atoms with Crippen molar-refractivity contribution >= 4 is 11.8 Å². The molecule has 1 spiro atoms. The molecule has 0 saturated heterocycles. The fourth-order valence-electron chi connectivity index (χ4n) is 7.70. The van der Waals surface area contributed by atoms with Gasteiger partial charge in [0.25, 0.3) is 0 Å². The lowest BCUT2D eigenvalue weighted by molar-refractivity contribution is 0.549. The Hall–Kier alpha value is -5.32. The second-order valence-corrected chi connectivity index (χ2v) is 13.9. The molecule has 1 aliphatic carbocycles. The van der Waals surface area contributed by atoms with Crippen molar-refractivity contribution in [3.05, 3.63) is 185 Å². The molecule has 7 aromatic rings. The Morgan fingerprint density at radius 1 is 0.383 bits per heavy atom. The highest BCUT2D eigenvalue weighted by Gasteiger charge is 2.52. The minimum absolute atomic E-state index is 0.134. The van der Waals surface area contributed by atoms with E-state index in [1.807, 2.05) is 48.2 Å². The molecular formula is C43H31N3S. The van der Waals surface area contributed by atoms with E-state index in [0.717, 1.165) is 16.7 Å². The SMILES string of the molecule is CC1(C)c2ccccc2C2(c3ccccc3Sc3cc(-c4nc(-c5ccccc5)nc(-c5ccccc5)n4)ccc32)c2ccccc21. The standard InChI is InChI=1S/C43H31N3S/c1-42(2)31-19-9-11-21-33(31)43(34-22-12-10-20-32(34)42)35-23-13-14-24-37(35)47-38-27-30(25-26-36(38)43)41-45-39(28-15-5-3-6-16-28)44-40(46-41)29-17-7-4-8-18-29/h3-27H,1-2H3. The second kappa shape index (κ2) is 10.6. The summed E-state index contributed by atoms with van der Waals surface area (Å²) in [5, 5.41) is 0. The minimum Gasteiger partial charge on any atom is -0.208 e. The van der Waals surface area contributed by atoms with Crippen LogP contribution < -0.4 is 0 Å². The predicted molar refractivity (Wildman–Crippen MR) is 191 cm³/mol. The molecule has 4 heteroatoms. The van der Waals surface area contributed by atoms with Gasteiger partial charge in [-0.2, -0.15) is 0 Å². The van der Waals surface area contributed by atoms with E-state index in [1.54, 1.807) is 0 Å². The van der Waals surface area contributed by atoms with E-state index in [0.29, 0.717) is 17.5 Å². The van der Waals surface area contributed by atoms with Crippen molar-refractivity contribution in [3.8, 4) is 34.2 Å². The molecule has 1 aliphatic heterocycles. The molecule has 0 unspecified atom stereocenters. The first-order chi connectivity index (χ1) is 23.0. The van der Waals surface area contributed by atoms with Gasteiger partial charge in [-0.15, -0.1) is 0 Å². The van der Waals surface area contributed by atoms with E-state index in [4.69, 9.17) is 15.0 Å². The average molecular weight is 622 g/mol. The number of nitrogens with zero attached hydrogens (tertiary/aromatic N) is 3. The molecular weight excluding hydrogens is 591 g/mol. The average Bonchev–Trinajstić information content (AvgIpc) is 3.14. The Morgan fingerprint density at radius 2 is 0.809 bits per heavy atom. The van der Waals surface area contributed by atoms with Crippen molar-refractivity contribution in [2.45, 2.75) is 34.5 Å². The molecule has 6 aromatic carbocycles. The van der Waals surface area contributed by atoms with Gasteiger partial charge in [-0.1, -0.05) is 165 Å². The van der Waals surface area contributed by atoms with Gasteiger partial charge in [0.15, 0.2) is 17.5 Å². The molecule has 0 radical (unpaired) electrons. The summed E-state index contributed by atoms with van der Waals surface area (Å²) in [7, 11) is 0. The molecule has 3 nitrogen and oxygen atoms in total. The minimum atomic E-state index is -0.456. The van der Waals surface area contributed by atoms with Crippen LogP contribution in [-0.4, -0.2) is 15.0 Å². The lowest BCUT2D eigenvalue weighted by Crippen LogP contribution is -2.43. The Labute approximate surface area is 279 Å². The zero-order valence-corrected chi connectivity index (χ0v) is 27.0. The van der Waals surface area contributed by atoms with Crippen LogP contribution in [0.2, 0.25) is 0 Å². The van der Waals surface area contributed by atoms with Crippen LogP contribution in [0.3, 0.4) is 0 Å². The maximum absolute atomic E-state index is 5.06. The summed E-state index contributed by atoms with van der Waals surface area (Å²) in [6.07, 6.45) is 0. The fourth-order valence-corrected chi connectivity index (χ4v) is 8.93. The van der Waals surface area contributed by atoms with Gasteiger partial charge in [-0.25, -0.2) is 15.0 Å². The van der Waals surface area contributed by atoms with Crippen molar-refractivity contribution in [3.63, 3.8) is 0 Å². The summed E-state index contributed by atoms with van der Waals surface area (Å²) in [4.78, 5) is 17.5. The van der Waals surface area contributed by atoms with Gasteiger partial charge in [0.2, 0.25) is 0 Å². The summed E-state index contributed by atoms with van der Waals surface area (Å²) in [6.45, 7) is 4.72. The van der Waals surface area contributed by atoms with Gasteiger partial charge in [0.05, 0.1) is 5.41 Å². The first kappa shape index (κ1) is 27.9. The highest BCUT2D eigenvalue weighted by Crippen LogP contribution is 2.61. The highest BCUT2D eigenvalue weighted by atomic mass is 32.2. The molecule has 224 valence electrons. The summed E-state index contributed by atoms with van der Waals surface area (Å²) >= 11 is 1.84. The first-order valence-corrected chi connectivity index (χ1v) is 16.9. The molecule has 9 rings (SSSR count). The molecule has 0 bridgehead atoms. The van der Waals surface area contributed by atoms with E-state index in [9.17, 15) is 0 Å². The van der Waals surface area contributed by atoms with E-state index in [-0.39, 0.29) is 5.41 Å². The maximum Gasteiger partial charge on any atom is 0.164 e. The van der Waals surface area contributed by atoms with Crippen LogP contribution in [0.25, 0.3) is 34.2 Å². The van der Waals surface area contributed by atoms with Crippen molar-refractivity contribution < 1.29 is 0 Å². The summed E-state index contributed by atoms with van der Waals surface area (Å²) in [5.41, 5.74) is 10.4. The van der Waals surface area contributed by atoms with E-state index < -0.39 is 5.41 Å². The van der Waals surface area contributed by atoms with Gasteiger partial charge in [-0.3, -0.25) is 0 Å². The summed E-state index contributed by atoms with van der Waals surface area (Å²) in [6, 6.07) is 54.2. The Kier molecular flexibility index (Phi) is 6.31. The van der Waals surface area contributed by atoms with E-state index in [2.05, 4.69) is 129 Å². The zero-order valence-electron chi connectivity index (χ0n) is 26.2. The largest absolute Gasteiger partial charge is 0.208 e. The molecule has 0 amide bonds. The van der Waals surface area contributed by atoms with Crippen LogP contribution in [0, 0.1) is 0 Å². The van der Waals surface area contributed by atoms with Crippen molar-refractivity contribution in [1.29, 1.82) is 0 Å². The molecule has 2 heterocycles. The van der Waals surface area contributed by atoms with Gasteiger partial charge < -0.3 is 0 Å². The number of fused-ring (bicyclic) bond motifs is 8. The van der Waals surface area contributed by atoms with Crippen LogP contribution in [0.15, 0.2) is 161 Å². The lowest BCUT2D eigenvalue weighted by Gasteiger charge is -2.50. The van der Waals surface area contributed by atoms with Crippen LogP contribution >= 0.6 is 11.8 Å². The summed E-state index contributed by atoms with van der Waals surface area (Å²) in [5.74, 6) is 2.00. The molecule has 47 heavy (non-hydrogen) atoms. The fraction of sp³-hybridized carbons (Fsp3) is 0.0930. The third-order valence-electron chi connectivity index (χ3n) is 9.86. The lowest BCUT2D eigenvalue weighted by atomic mass is 9.54. The maximum atomic E-state index is 5.06. The number of benzene rings is 6. The van der Waals surface area contributed by atoms with Crippen LogP contribution in [0.5, 0.6) is 0 Å². The molecule has 0 N–H and O–H groups in total. The van der Waals surface area contributed by atoms with E-state index in [1.165, 1.54) is 43.2 Å². The Morgan fingerprint density at radius 3 is 1.36 bits per heavy atom. The molecule has 0 saturated carbocycles. The third kappa shape index (κ3) is 4.18. The monoisotopic (exact) mass is 621 g/mol.